The van der Waals surface area contributed by atoms with E-state index in [0.29, 0.717) is 42.7 Å². The van der Waals surface area contributed by atoms with Gasteiger partial charge >= 0.3 is 6.09 Å². The molecule has 26 heavy (non-hydrogen) atoms. The van der Waals surface area contributed by atoms with E-state index in [1.165, 1.54) is 9.21 Å². The maximum Gasteiger partial charge on any atom is 0.410 e. The fourth-order valence-electron chi connectivity index (χ4n) is 3.36. The van der Waals surface area contributed by atoms with Crippen LogP contribution in [-0.4, -0.2) is 62.1 Å². The molecule has 1 aromatic rings. The van der Waals surface area contributed by atoms with Crippen molar-refractivity contribution in [3.05, 3.63) is 22.7 Å². The molecular weight excluding hydrogens is 424 g/mol. The predicted octanol–water partition coefficient (Wildman–Crippen LogP) is 2.84. The number of benzene rings is 1. The van der Waals surface area contributed by atoms with Gasteiger partial charge in [-0.1, -0.05) is 15.9 Å². The van der Waals surface area contributed by atoms with E-state index in [1.54, 1.807) is 25.2 Å². The summed E-state index contributed by atoms with van der Waals surface area (Å²) in [5.41, 5.74) is -0.577. The Kier molecular flexibility index (Phi) is 5.24. The number of halogens is 1. The number of hydrogen-bond acceptors (Lipinski definition) is 5. The van der Waals surface area contributed by atoms with Gasteiger partial charge in [0.1, 0.15) is 16.2 Å². The van der Waals surface area contributed by atoms with E-state index in [0.717, 1.165) is 0 Å². The van der Waals surface area contributed by atoms with Crippen molar-refractivity contribution in [2.24, 2.45) is 0 Å². The Balaban J connectivity index is 1.82. The average Bonchev–Trinajstić information content (AvgIpc) is 2.83. The number of piperidine rings is 1. The Bertz CT molecular complexity index is 803. The van der Waals surface area contributed by atoms with Crippen LogP contribution in [0.5, 0.6) is 5.75 Å². The zero-order valence-corrected chi connectivity index (χ0v) is 17.5. The average molecular weight is 447 g/mol. The van der Waals surface area contributed by atoms with Crippen LogP contribution in [0.25, 0.3) is 0 Å². The molecule has 2 fully saturated rings. The summed E-state index contributed by atoms with van der Waals surface area (Å²) in [6.07, 6.45) is 0.483. The highest BCUT2D eigenvalue weighted by Gasteiger charge is 2.47. The second-order valence-corrected chi connectivity index (χ2v) is 9.89. The third kappa shape index (κ3) is 3.70. The van der Waals surface area contributed by atoms with Gasteiger partial charge in [-0.2, -0.15) is 4.31 Å². The van der Waals surface area contributed by atoms with Crippen molar-refractivity contribution in [1.82, 2.24) is 9.21 Å². The number of carbonyl (C=O) groups is 1. The van der Waals surface area contributed by atoms with E-state index < -0.39 is 15.6 Å². The van der Waals surface area contributed by atoms with Crippen molar-refractivity contribution in [2.45, 2.75) is 43.3 Å². The fraction of sp³-hybridized carbons (Fsp3) is 0.588. The molecule has 2 heterocycles. The van der Waals surface area contributed by atoms with Gasteiger partial charge < -0.3 is 14.4 Å². The van der Waals surface area contributed by atoms with Gasteiger partial charge in [0, 0.05) is 37.5 Å². The van der Waals surface area contributed by atoms with Gasteiger partial charge in [-0.25, -0.2) is 13.2 Å². The lowest BCUT2D eigenvalue weighted by Crippen LogP contribution is -2.48. The molecule has 2 aliphatic rings. The van der Waals surface area contributed by atoms with Gasteiger partial charge in [0.2, 0.25) is 10.0 Å². The number of amides is 1. The van der Waals surface area contributed by atoms with Gasteiger partial charge in [0.25, 0.3) is 0 Å². The van der Waals surface area contributed by atoms with Gasteiger partial charge in [0.05, 0.1) is 12.6 Å². The molecule has 0 atom stereocenters. The highest BCUT2D eigenvalue weighted by atomic mass is 79.9. The fourth-order valence-corrected chi connectivity index (χ4v) is 5.46. The number of ether oxygens (including phenoxy) is 2. The Hall–Kier alpha value is -1.32. The maximum atomic E-state index is 13.2. The van der Waals surface area contributed by atoms with Gasteiger partial charge in [-0.15, -0.1) is 0 Å². The maximum absolute atomic E-state index is 13.2. The molecule has 0 bridgehead atoms. The molecule has 0 unspecified atom stereocenters. The third-order valence-electron chi connectivity index (χ3n) is 4.66. The Morgan fingerprint density at radius 3 is 2.46 bits per heavy atom. The minimum Gasteiger partial charge on any atom is -0.490 e. The highest BCUT2D eigenvalue weighted by Crippen LogP contribution is 2.36. The van der Waals surface area contributed by atoms with E-state index in [9.17, 15) is 13.2 Å². The highest BCUT2D eigenvalue weighted by molar-refractivity contribution is 9.10. The third-order valence-corrected chi connectivity index (χ3v) is 7.07. The molecule has 0 radical (unpaired) electrons. The monoisotopic (exact) mass is 446 g/mol. The molecule has 7 nitrogen and oxygen atoms in total. The zero-order valence-electron chi connectivity index (χ0n) is 15.1. The summed E-state index contributed by atoms with van der Waals surface area (Å²) < 4.78 is 39.7. The molecule has 1 amide bonds. The number of likely N-dealkylation sites (N-methyl/N-ethyl adjacent to an activating group) is 1. The molecule has 2 aliphatic heterocycles. The molecule has 2 saturated heterocycles. The molecule has 3 rings (SSSR count). The first-order chi connectivity index (χ1) is 12.1. The van der Waals surface area contributed by atoms with Crippen molar-refractivity contribution >= 4 is 32.0 Å². The molecule has 0 aliphatic carbocycles. The minimum absolute atomic E-state index is 0.136. The molecule has 1 aromatic carbocycles. The number of hydrogen-bond donors (Lipinski definition) is 0. The molecule has 0 N–H and O–H groups in total. The minimum atomic E-state index is -3.71. The van der Waals surface area contributed by atoms with Crippen LogP contribution in [0, 0.1) is 0 Å². The van der Waals surface area contributed by atoms with Gasteiger partial charge in [-0.05, 0) is 32.0 Å². The Morgan fingerprint density at radius 1 is 1.27 bits per heavy atom. The lowest BCUT2D eigenvalue weighted by molar-refractivity contribution is 0.0172. The van der Waals surface area contributed by atoms with E-state index in [-0.39, 0.29) is 17.1 Å². The van der Waals surface area contributed by atoms with Crippen LogP contribution < -0.4 is 4.74 Å². The van der Waals surface area contributed by atoms with E-state index >= 15 is 0 Å². The molecule has 1 spiro atoms. The summed E-state index contributed by atoms with van der Waals surface area (Å²) in [5, 5.41) is 0. The molecule has 0 saturated carbocycles. The largest absolute Gasteiger partial charge is 0.490 e. The number of carbonyl (C=O) groups excluding carboxylic acids is 1. The summed E-state index contributed by atoms with van der Waals surface area (Å²) in [7, 11) is -2.02. The predicted molar refractivity (Wildman–Crippen MR) is 99.7 cm³/mol. The van der Waals surface area contributed by atoms with E-state index in [2.05, 4.69) is 15.9 Å². The van der Waals surface area contributed by atoms with Crippen LogP contribution >= 0.6 is 15.9 Å². The van der Waals surface area contributed by atoms with Crippen LogP contribution in [0.15, 0.2) is 27.6 Å². The van der Waals surface area contributed by atoms with Crippen LogP contribution in [-0.2, 0) is 14.8 Å². The van der Waals surface area contributed by atoms with Crippen molar-refractivity contribution in [3.8, 4) is 5.75 Å². The quantitative estimate of drug-likeness (QED) is 0.710. The number of sulfonamides is 1. The SMILES string of the molecule is CC(C)Oc1ccc(Br)cc1S(=O)(=O)N1CCC2(CC1)CN(C)C(=O)O2. The van der Waals surface area contributed by atoms with Crippen molar-refractivity contribution < 1.29 is 22.7 Å². The number of nitrogens with zero attached hydrogens (tertiary/aromatic N) is 2. The normalized spacial score (nSPS) is 20.7. The topological polar surface area (TPSA) is 76.2 Å². The lowest BCUT2D eigenvalue weighted by Gasteiger charge is -2.36. The molecule has 144 valence electrons. The molecular formula is C17H23BrN2O5S. The van der Waals surface area contributed by atoms with E-state index in [4.69, 9.17) is 9.47 Å². The first-order valence-corrected chi connectivity index (χ1v) is 10.8. The number of rotatable bonds is 4. The Morgan fingerprint density at radius 2 is 1.92 bits per heavy atom. The summed E-state index contributed by atoms with van der Waals surface area (Å²) in [5.74, 6) is 0.343. The molecule has 0 aromatic heterocycles. The summed E-state index contributed by atoms with van der Waals surface area (Å²) in [6.45, 7) is 4.81. The van der Waals surface area contributed by atoms with Crippen LogP contribution in [0.4, 0.5) is 4.79 Å². The molecule has 9 heteroatoms. The second kappa shape index (κ2) is 7.01. The smallest absolute Gasteiger partial charge is 0.410 e. The van der Waals surface area contributed by atoms with Crippen LogP contribution in [0.1, 0.15) is 26.7 Å². The zero-order chi connectivity index (χ0) is 19.1. The van der Waals surface area contributed by atoms with Gasteiger partial charge in [-0.3, -0.25) is 0 Å². The summed E-state index contributed by atoms with van der Waals surface area (Å²) >= 11 is 3.34. The summed E-state index contributed by atoms with van der Waals surface area (Å²) in [4.78, 5) is 13.4. The van der Waals surface area contributed by atoms with Crippen LogP contribution in [0.2, 0.25) is 0 Å². The van der Waals surface area contributed by atoms with Crippen LogP contribution in [0.3, 0.4) is 0 Å². The standard InChI is InChI=1S/C17H23BrN2O5S/c1-12(2)24-14-5-4-13(18)10-15(14)26(22,23)20-8-6-17(7-9-20)11-19(3)16(21)25-17/h4-5,10,12H,6-9,11H2,1-3H3. The first kappa shape index (κ1) is 19.4. The van der Waals surface area contributed by atoms with Gasteiger partial charge in [0.15, 0.2) is 0 Å². The lowest BCUT2D eigenvalue weighted by atomic mass is 9.92. The first-order valence-electron chi connectivity index (χ1n) is 8.53. The van der Waals surface area contributed by atoms with Crippen molar-refractivity contribution in [1.29, 1.82) is 0 Å². The van der Waals surface area contributed by atoms with Crippen molar-refractivity contribution in [3.63, 3.8) is 0 Å². The van der Waals surface area contributed by atoms with Crippen molar-refractivity contribution in [2.75, 3.05) is 26.7 Å². The second-order valence-electron chi connectivity index (χ2n) is 7.07. The summed E-state index contributed by atoms with van der Waals surface area (Å²) in [6, 6.07) is 4.99. The Labute approximate surface area is 162 Å². The van der Waals surface area contributed by atoms with E-state index in [1.807, 2.05) is 13.8 Å².